The molecule has 0 aliphatic rings. The van der Waals surface area contributed by atoms with Crippen molar-refractivity contribution in [1.82, 2.24) is 19.6 Å². The third-order valence-corrected chi connectivity index (χ3v) is 2.82. The number of nitrogens with one attached hydrogen (secondary N) is 1. The molecule has 90 valence electrons. The van der Waals surface area contributed by atoms with Gasteiger partial charge in [-0.2, -0.15) is 10.2 Å². The molecule has 0 fully saturated rings. The van der Waals surface area contributed by atoms with Gasteiger partial charge in [-0.15, -0.1) is 0 Å². The van der Waals surface area contributed by atoms with Crippen molar-refractivity contribution in [3.05, 3.63) is 35.9 Å². The van der Waals surface area contributed by atoms with Crippen LogP contribution in [0.3, 0.4) is 0 Å². The smallest absolute Gasteiger partial charge is 0.0827 e. The Balaban J connectivity index is 2.09. The minimum atomic E-state index is 0.737. The van der Waals surface area contributed by atoms with Gasteiger partial charge in [-0.1, -0.05) is 6.58 Å². The van der Waals surface area contributed by atoms with E-state index in [1.807, 2.05) is 31.0 Å². The molecule has 0 amide bonds. The quantitative estimate of drug-likeness (QED) is 0.874. The molecule has 0 radical (unpaired) electrons. The van der Waals surface area contributed by atoms with E-state index in [1.54, 1.807) is 10.9 Å². The van der Waals surface area contributed by atoms with Crippen LogP contribution in [0.1, 0.15) is 17.0 Å². The van der Waals surface area contributed by atoms with E-state index in [1.165, 1.54) is 0 Å². The maximum absolute atomic E-state index is 4.36. The molecule has 0 aliphatic heterocycles. The fourth-order valence-corrected chi connectivity index (χ4v) is 1.79. The highest BCUT2D eigenvalue weighted by Crippen LogP contribution is 2.19. The van der Waals surface area contributed by atoms with E-state index in [4.69, 9.17) is 0 Å². The highest BCUT2D eigenvalue weighted by atomic mass is 15.3. The highest BCUT2D eigenvalue weighted by Gasteiger charge is 2.08. The molecule has 0 saturated heterocycles. The van der Waals surface area contributed by atoms with Gasteiger partial charge in [-0.3, -0.25) is 4.68 Å². The lowest BCUT2D eigenvalue weighted by molar-refractivity contribution is 0.731. The summed E-state index contributed by atoms with van der Waals surface area (Å²) in [5.74, 6) is 0. The lowest BCUT2D eigenvalue weighted by Crippen LogP contribution is -2.01. The molecular formula is C12H17N5. The van der Waals surface area contributed by atoms with Gasteiger partial charge in [0.05, 0.1) is 23.3 Å². The molecule has 0 unspecified atom stereocenters. The average Bonchev–Trinajstić information content (AvgIpc) is 2.84. The lowest BCUT2D eigenvalue weighted by atomic mass is 10.3. The minimum absolute atomic E-state index is 0.737. The molecule has 0 aromatic carbocycles. The zero-order valence-electron chi connectivity index (χ0n) is 10.4. The van der Waals surface area contributed by atoms with E-state index in [0.717, 1.165) is 29.2 Å². The Kier molecular flexibility index (Phi) is 2.99. The van der Waals surface area contributed by atoms with Crippen LogP contribution in [0.15, 0.2) is 19.0 Å². The van der Waals surface area contributed by atoms with Crippen LogP contribution in [0.2, 0.25) is 0 Å². The third kappa shape index (κ3) is 2.22. The molecule has 2 aromatic heterocycles. The monoisotopic (exact) mass is 231 g/mol. The van der Waals surface area contributed by atoms with Crippen molar-refractivity contribution in [2.24, 2.45) is 7.05 Å². The van der Waals surface area contributed by atoms with E-state index in [2.05, 4.69) is 29.0 Å². The molecule has 2 heterocycles. The van der Waals surface area contributed by atoms with Gasteiger partial charge in [0, 0.05) is 31.6 Å². The van der Waals surface area contributed by atoms with E-state index < -0.39 is 0 Å². The molecule has 17 heavy (non-hydrogen) atoms. The zero-order chi connectivity index (χ0) is 12.4. The maximum Gasteiger partial charge on any atom is 0.0827 e. The molecule has 0 saturated carbocycles. The van der Waals surface area contributed by atoms with Gasteiger partial charge >= 0.3 is 0 Å². The zero-order valence-corrected chi connectivity index (χ0v) is 10.4. The average molecular weight is 231 g/mol. The summed E-state index contributed by atoms with van der Waals surface area (Å²) in [5, 5.41) is 11.9. The summed E-state index contributed by atoms with van der Waals surface area (Å²) in [7, 11) is 1.95. The van der Waals surface area contributed by atoms with Crippen LogP contribution >= 0.6 is 0 Å². The van der Waals surface area contributed by atoms with Crippen molar-refractivity contribution < 1.29 is 0 Å². The predicted molar refractivity (Wildman–Crippen MR) is 68.6 cm³/mol. The number of hydrogen-bond acceptors (Lipinski definition) is 3. The molecule has 0 atom stereocenters. The summed E-state index contributed by atoms with van der Waals surface area (Å²) >= 11 is 0. The molecular weight excluding hydrogens is 214 g/mol. The Morgan fingerprint density at radius 1 is 1.47 bits per heavy atom. The molecule has 0 bridgehead atoms. The van der Waals surface area contributed by atoms with Gasteiger partial charge in [0.2, 0.25) is 0 Å². The molecule has 2 aromatic rings. The van der Waals surface area contributed by atoms with Crippen molar-refractivity contribution in [3.8, 4) is 0 Å². The van der Waals surface area contributed by atoms with E-state index in [-0.39, 0.29) is 0 Å². The first-order valence-electron chi connectivity index (χ1n) is 5.51. The molecule has 2 rings (SSSR count). The maximum atomic E-state index is 4.36. The van der Waals surface area contributed by atoms with E-state index in [9.17, 15) is 0 Å². The number of nitrogens with zero attached hydrogens (tertiary/aromatic N) is 4. The van der Waals surface area contributed by atoms with E-state index in [0.29, 0.717) is 0 Å². The topological polar surface area (TPSA) is 47.7 Å². The molecule has 0 spiro atoms. The number of anilines is 1. The second-order valence-corrected chi connectivity index (χ2v) is 4.03. The SMILES string of the molecule is C=Cn1cc(CNc2c(C)nn(C)c2C)cn1. The summed E-state index contributed by atoms with van der Waals surface area (Å²) in [5.41, 5.74) is 4.37. The Hall–Kier alpha value is -2.04. The molecule has 1 N–H and O–H groups in total. The van der Waals surface area contributed by atoms with Crippen molar-refractivity contribution in [3.63, 3.8) is 0 Å². The van der Waals surface area contributed by atoms with Crippen LogP contribution in [0.25, 0.3) is 6.20 Å². The van der Waals surface area contributed by atoms with Crippen LogP contribution in [-0.2, 0) is 13.6 Å². The fraction of sp³-hybridized carbons (Fsp3) is 0.333. The first-order chi connectivity index (χ1) is 8.11. The summed E-state index contributed by atoms with van der Waals surface area (Å²) < 4.78 is 3.57. The van der Waals surface area contributed by atoms with Crippen molar-refractivity contribution in [2.75, 3.05) is 5.32 Å². The van der Waals surface area contributed by atoms with E-state index >= 15 is 0 Å². The van der Waals surface area contributed by atoms with Gasteiger partial charge < -0.3 is 5.32 Å². The van der Waals surface area contributed by atoms with Crippen LogP contribution < -0.4 is 5.32 Å². The summed E-state index contributed by atoms with van der Waals surface area (Å²) in [6.07, 6.45) is 5.45. The van der Waals surface area contributed by atoms with Gasteiger partial charge in [0.1, 0.15) is 0 Å². The van der Waals surface area contributed by atoms with Crippen LogP contribution in [-0.4, -0.2) is 19.6 Å². The molecule has 5 nitrogen and oxygen atoms in total. The summed E-state index contributed by atoms with van der Waals surface area (Å²) in [6.45, 7) is 8.45. The first kappa shape index (κ1) is 11.4. The lowest BCUT2D eigenvalue weighted by Gasteiger charge is -2.04. The molecule has 0 aliphatic carbocycles. The number of rotatable bonds is 4. The Labute approximate surface area is 101 Å². The van der Waals surface area contributed by atoms with Crippen molar-refractivity contribution >= 4 is 11.9 Å². The first-order valence-corrected chi connectivity index (χ1v) is 5.51. The highest BCUT2D eigenvalue weighted by molar-refractivity contribution is 5.52. The van der Waals surface area contributed by atoms with Gasteiger partial charge in [-0.05, 0) is 13.8 Å². The standard InChI is InChI=1S/C12H17N5/c1-5-17-8-11(7-14-17)6-13-12-9(2)15-16(4)10(12)3/h5,7-8,13H,1,6H2,2-4H3. The van der Waals surface area contributed by atoms with Gasteiger partial charge in [0.15, 0.2) is 0 Å². The Bertz CT molecular complexity index is 535. The number of hydrogen-bond donors (Lipinski definition) is 1. The largest absolute Gasteiger partial charge is 0.378 e. The fourth-order valence-electron chi connectivity index (χ4n) is 1.79. The summed E-state index contributed by atoms with van der Waals surface area (Å²) in [6, 6.07) is 0. The van der Waals surface area contributed by atoms with Crippen LogP contribution in [0.5, 0.6) is 0 Å². The van der Waals surface area contributed by atoms with Crippen LogP contribution in [0, 0.1) is 13.8 Å². The predicted octanol–water partition coefficient (Wildman–Crippen LogP) is 1.95. The second-order valence-electron chi connectivity index (χ2n) is 4.03. The summed E-state index contributed by atoms with van der Waals surface area (Å²) in [4.78, 5) is 0. The van der Waals surface area contributed by atoms with Gasteiger partial charge in [0.25, 0.3) is 0 Å². The second kappa shape index (κ2) is 4.45. The van der Waals surface area contributed by atoms with Crippen molar-refractivity contribution in [2.45, 2.75) is 20.4 Å². The van der Waals surface area contributed by atoms with Crippen LogP contribution in [0.4, 0.5) is 5.69 Å². The molecule has 5 heteroatoms. The Morgan fingerprint density at radius 2 is 2.24 bits per heavy atom. The number of aryl methyl sites for hydroxylation is 2. The van der Waals surface area contributed by atoms with Gasteiger partial charge in [-0.25, -0.2) is 4.68 Å². The van der Waals surface area contributed by atoms with Crippen molar-refractivity contribution in [1.29, 1.82) is 0 Å². The Morgan fingerprint density at radius 3 is 2.76 bits per heavy atom. The normalized spacial score (nSPS) is 10.5. The minimum Gasteiger partial charge on any atom is -0.378 e. The number of aromatic nitrogens is 4. The third-order valence-electron chi connectivity index (χ3n) is 2.82.